The molecule has 2 N–H and O–H groups in total. The SMILES string of the molecule is Cc1ccc(Cn2c(NC3=CCC(Oc4ccnc(CO)c4)C=C3)nc(=O)n(C)c2=O)cc1. The van der Waals surface area contributed by atoms with Crippen LogP contribution >= 0.6 is 0 Å². The Morgan fingerprint density at radius 3 is 2.70 bits per heavy atom. The molecule has 0 saturated carbocycles. The molecule has 9 nitrogen and oxygen atoms in total. The van der Waals surface area contributed by atoms with Crippen molar-refractivity contribution in [1.82, 2.24) is 19.1 Å². The third kappa shape index (κ3) is 5.27. The molecule has 1 atom stereocenters. The molecule has 2 heterocycles. The van der Waals surface area contributed by atoms with Crippen LogP contribution in [-0.2, 0) is 20.2 Å². The van der Waals surface area contributed by atoms with Crippen molar-refractivity contribution in [2.45, 2.75) is 32.6 Å². The van der Waals surface area contributed by atoms with Crippen LogP contribution in [0.25, 0.3) is 0 Å². The van der Waals surface area contributed by atoms with Gasteiger partial charge in [-0.05, 0) is 30.7 Å². The monoisotopic (exact) mass is 447 g/mol. The van der Waals surface area contributed by atoms with Gasteiger partial charge in [0.15, 0.2) is 0 Å². The van der Waals surface area contributed by atoms with E-state index in [1.807, 2.05) is 49.4 Å². The topological polar surface area (TPSA) is 111 Å². The van der Waals surface area contributed by atoms with Gasteiger partial charge in [0, 0.05) is 31.4 Å². The summed E-state index contributed by atoms with van der Waals surface area (Å²) in [4.78, 5) is 33.1. The molecule has 9 heteroatoms. The lowest BCUT2D eigenvalue weighted by molar-refractivity contribution is 0.247. The van der Waals surface area contributed by atoms with Crippen LogP contribution in [0.15, 0.2) is 76.1 Å². The van der Waals surface area contributed by atoms with Gasteiger partial charge < -0.3 is 15.2 Å². The largest absolute Gasteiger partial charge is 0.486 e. The highest BCUT2D eigenvalue weighted by molar-refractivity contribution is 5.42. The second-order valence-electron chi connectivity index (χ2n) is 7.81. The first-order valence-corrected chi connectivity index (χ1v) is 10.5. The molecule has 4 rings (SSSR count). The highest BCUT2D eigenvalue weighted by Crippen LogP contribution is 2.20. The lowest BCUT2D eigenvalue weighted by atomic mass is 10.1. The number of aryl methyl sites for hydroxylation is 1. The molecule has 1 aliphatic rings. The Morgan fingerprint density at radius 1 is 1.21 bits per heavy atom. The van der Waals surface area contributed by atoms with Gasteiger partial charge in [0.1, 0.15) is 11.9 Å². The quantitative estimate of drug-likeness (QED) is 0.569. The average Bonchev–Trinajstić information content (AvgIpc) is 2.83. The fourth-order valence-corrected chi connectivity index (χ4v) is 3.39. The fourth-order valence-electron chi connectivity index (χ4n) is 3.39. The summed E-state index contributed by atoms with van der Waals surface area (Å²) >= 11 is 0. The number of aliphatic hydroxyl groups excluding tert-OH is 1. The predicted octanol–water partition coefficient (Wildman–Crippen LogP) is 1.89. The molecule has 0 spiro atoms. The number of aliphatic hydroxyl groups is 1. The first kappa shape index (κ1) is 22.2. The minimum Gasteiger partial charge on any atom is -0.486 e. The molecule has 0 saturated heterocycles. The summed E-state index contributed by atoms with van der Waals surface area (Å²) in [5.41, 5.74) is 2.22. The maximum Gasteiger partial charge on any atom is 0.354 e. The molecule has 1 aliphatic carbocycles. The Labute approximate surface area is 190 Å². The number of rotatable bonds is 7. The molecule has 33 heavy (non-hydrogen) atoms. The maximum atomic E-state index is 12.8. The normalized spacial score (nSPS) is 15.2. The lowest BCUT2D eigenvalue weighted by Crippen LogP contribution is -2.41. The van der Waals surface area contributed by atoms with E-state index in [2.05, 4.69) is 15.3 Å². The molecule has 2 aromatic heterocycles. The van der Waals surface area contributed by atoms with Crippen molar-refractivity contribution >= 4 is 5.95 Å². The van der Waals surface area contributed by atoms with Crippen LogP contribution < -0.4 is 21.4 Å². The summed E-state index contributed by atoms with van der Waals surface area (Å²) < 4.78 is 8.36. The standard InChI is InChI=1S/C24H25N5O4/c1-16-3-5-17(6-4-16)14-29-22(27-23(31)28(2)24(29)32)26-18-7-9-20(10-8-18)33-21-11-12-25-19(13-21)15-30/h3-9,11-13,20,30H,10,14-15H2,1-2H3,(H,26,27,31). The van der Waals surface area contributed by atoms with Crippen LogP contribution in [0.2, 0.25) is 0 Å². The van der Waals surface area contributed by atoms with E-state index < -0.39 is 11.4 Å². The summed E-state index contributed by atoms with van der Waals surface area (Å²) in [6, 6.07) is 11.3. The zero-order chi connectivity index (χ0) is 23.4. The zero-order valence-corrected chi connectivity index (χ0v) is 18.4. The first-order valence-electron chi connectivity index (χ1n) is 10.5. The first-order chi connectivity index (χ1) is 15.9. The Hall–Kier alpha value is -3.98. The van der Waals surface area contributed by atoms with Crippen LogP contribution in [0.1, 0.15) is 23.2 Å². The number of hydrogen-bond donors (Lipinski definition) is 2. The van der Waals surface area contributed by atoms with E-state index in [0.29, 0.717) is 23.6 Å². The number of nitrogens with zero attached hydrogens (tertiary/aromatic N) is 4. The molecule has 0 radical (unpaired) electrons. The molecule has 1 aromatic carbocycles. The van der Waals surface area contributed by atoms with Gasteiger partial charge in [0.25, 0.3) is 0 Å². The van der Waals surface area contributed by atoms with Crippen LogP contribution in [0.3, 0.4) is 0 Å². The molecular weight excluding hydrogens is 422 g/mol. The highest BCUT2D eigenvalue weighted by Gasteiger charge is 2.15. The number of hydrogen-bond acceptors (Lipinski definition) is 7. The Bertz CT molecular complexity index is 1320. The van der Waals surface area contributed by atoms with Crippen LogP contribution in [0, 0.1) is 6.92 Å². The predicted molar refractivity (Wildman–Crippen MR) is 124 cm³/mol. The molecule has 1 unspecified atom stereocenters. The molecule has 0 fully saturated rings. The molecule has 170 valence electrons. The minimum absolute atomic E-state index is 0.153. The Balaban J connectivity index is 1.52. The number of pyridine rings is 1. The van der Waals surface area contributed by atoms with E-state index in [1.54, 1.807) is 18.3 Å². The van der Waals surface area contributed by atoms with Gasteiger partial charge >= 0.3 is 11.4 Å². The van der Waals surface area contributed by atoms with Gasteiger partial charge in [-0.25, -0.2) is 14.2 Å². The summed E-state index contributed by atoms with van der Waals surface area (Å²) in [5.74, 6) is 0.800. The highest BCUT2D eigenvalue weighted by atomic mass is 16.5. The third-order valence-corrected chi connectivity index (χ3v) is 5.28. The number of anilines is 1. The summed E-state index contributed by atoms with van der Waals surface area (Å²) in [6.07, 6.45) is 7.58. The molecule has 0 amide bonds. The maximum absolute atomic E-state index is 12.8. The van der Waals surface area contributed by atoms with E-state index in [4.69, 9.17) is 4.74 Å². The summed E-state index contributed by atoms with van der Waals surface area (Å²) in [7, 11) is 1.41. The van der Waals surface area contributed by atoms with Crippen molar-refractivity contribution in [3.8, 4) is 5.75 Å². The summed E-state index contributed by atoms with van der Waals surface area (Å²) in [6.45, 7) is 2.12. The lowest BCUT2D eigenvalue weighted by Gasteiger charge is -2.20. The number of aromatic nitrogens is 4. The Morgan fingerprint density at radius 2 is 2.00 bits per heavy atom. The van der Waals surface area contributed by atoms with Crippen molar-refractivity contribution < 1.29 is 9.84 Å². The fraction of sp³-hybridized carbons (Fsp3) is 0.250. The smallest absolute Gasteiger partial charge is 0.354 e. The van der Waals surface area contributed by atoms with E-state index in [-0.39, 0.29) is 25.2 Å². The Kier molecular flexibility index (Phi) is 6.50. The van der Waals surface area contributed by atoms with Gasteiger partial charge in [-0.2, -0.15) is 4.98 Å². The number of ether oxygens (including phenoxy) is 1. The van der Waals surface area contributed by atoms with Crippen LogP contribution in [-0.4, -0.2) is 30.3 Å². The number of allylic oxidation sites excluding steroid dienone is 1. The van der Waals surface area contributed by atoms with Crippen molar-refractivity contribution in [3.63, 3.8) is 0 Å². The van der Waals surface area contributed by atoms with E-state index in [9.17, 15) is 14.7 Å². The second kappa shape index (κ2) is 9.66. The zero-order valence-electron chi connectivity index (χ0n) is 18.4. The number of benzene rings is 1. The average molecular weight is 447 g/mol. The van der Waals surface area contributed by atoms with Crippen molar-refractivity contribution in [3.05, 3.63) is 104 Å². The van der Waals surface area contributed by atoms with Crippen LogP contribution in [0.4, 0.5) is 5.95 Å². The van der Waals surface area contributed by atoms with Gasteiger partial charge in [-0.15, -0.1) is 0 Å². The van der Waals surface area contributed by atoms with E-state index in [1.165, 1.54) is 11.6 Å². The van der Waals surface area contributed by atoms with Gasteiger partial charge in [-0.1, -0.05) is 35.9 Å². The molecular formula is C24H25N5O4. The molecule has 3 aromatic rings. The summed E-state index contributed by atoms with van der Waals surface area (Å²) in [5, 5.41) is 12.3. The van der Waals surface area contributed by atoms with E-state index >= 15 is 0 Å². The molecule has 0 bridgehead atoms. The van der Waals surface area contributed by atoms with Crippen molar-refractivity contribution in [2.75, 3.05) is 5.32 Å². The van der Waals surface area contributed by atoms with Gasteiger partial charge in [0.2, 0.25) is 5.95 Å². The van der Waals surface area contributed by atoms with Crippen LogP contribution in [0.5, 0.6) is 5.75 Å². The van der Waals surface area contributed by atoms with Crippen molar-refractivity contribution in [1.29, 1.82) is 0 Å². The minimum atomic E-state index is -0.623. The molecule has 0 aliphatic heterocycles. The number of nitrogens with one attached hydrogen (secondary N) is 1. The second-order valence-corrected chi connectivity index (χ2v) is 7.81. The van der Waals surface area contributed by atoms with E-state index in [0.717, 1.165) is 15.7 Å². The van der Waals surface area contributed by atoms with Gasteiger partial charge in [-0.3, -0.25) is 9.55 Å². The third-order valence-electron chi connectivity index (χ3n) is 5.28. The van der Waals surface area contributed by atoms with Gasteiger partial charge in [0.05, 0.1) is 18.8 Å². The van der Waals surface area contributed by atoms with Crippen molar-refractivity contribution in [2.24, 2.45) is 7.05 Å².